The number of carbonyl (C=O) groups excluding carboxylic acids is 2. The Bertz CT molecular complexity index is 877. The predicted octanol–water partition coefficient (Wildman–Crippen LogP) is 3.73. The molecule has 6 heteroatoms. The van der Waals surface area contributed by atoms with E-state index in [4.69, 9.17) is 0 Å². The number of nitrogens with one attached hydrogen (secondary N) is 2. The van der Waals surface area contributed by atoms with Crippen molar-refractivity contribution in [3.63, 3.8) is 0 Å². The van der Waals surface area contributed by atoms with Gasteiger partial charge in [-0.15, -0.1) is 0 Å². The Morgan fingerprint density at radius 1 is 0.903 bits per heavy atom. The number of nitrogens with zero attached hydrogens (tertiary/aromatic N) is 2. The summed E-state index contributed by atoms with van der Waals surface area (Å²) < 4.78 is 0. The second-order valence-corrected chi connectivity index (χ2v) is 9.16. The molecule has 1 aliphatic heterocycles. The number of hydrogen-bond donors (Lipinski definition) is 2. The Hall–Kier alpha value is -2.86. The predicted molar refractivity (Wildman–Crippen MR) is 125 cm³/mol. The lowest BCUT2D eigenvalue weighted by molar-refractivity contribution is -0.123. The Morgan fingerprint density at radius 3 is 2.35 bits per heavy atom. The summed E-state index contributed by atoms with van der Waals surface area (Å²) in [7, 11) is 0. The number of hydrogen-bond acceptors (Lipinski definition) is 3. The van der Waals surface area contributed by atoms with Crippen LogP contribution in [0.1, 0.15) is 38.3 Å². The highest BCUT2D eigenvalue weighted by molar-refractivity contribution is 5.90. The van der Waals surface area contributed by atoms with Gasteiger partial charge in [-0.25, -0.2) is 4.79 Å². The molecule has 0 spiro atoms. The van der Waals surface area contributed by atoms with Gasteiger partial charge in [0, 0.05) is 37.4 Å². The summed E-state index contributed by atoms with van der Waals surface area (Å²) in [6.45, 7) is 9.11. The summed E-state index contributed by atoms with van der Waals surface area (Å²) in [5.41, 5.74) is 2.92. The quantitative estimate of drug-likeness (QED) is 0.772. The second-order valence-electron chi connectivity index (χ2n) is 9.16. The molecule has 1 heterocycles. The molecule has 0 saturated carbocycles. The molecule has 2 aromatic rings. The van der Waals surface area contributed by atoms with Crippen molar-refractivity contribution in [2.45, 2.75) is 39.2 Å². The van der Waals surface area contributed by atoms with Crippen LogP contribution in [0, 0.1) is 0 Å². The van der Waals surface area contributed by atoms with Gasteiger partial charge in [-0.05, 0) is 50.8 Å². The molecule has 31 heavy (non-hydrogen) atoms. The standard InChI is InChI=1S/C25H34N4O2/c1-25(2,3)27-23(30)19-28-14-9-15-29(17-16-28)24(31)26-22-13-8-7-12-21(22)18-20-10-5-4-6-11-20/h4-8,10-13H,9,14-19H2,1-3H3,(H,26,31)(H,27,30). The van der Waals surface area contributed by atoms with E-state index in [1.807, 2.05) is 62.1 Å². The van der Waals surface area contributed by atoms with Crippen molar-refractivity contribution in [3.05, 3.63) is 65.7 Å². The Balaban J connectivity index is 1.56. The van der Waals surface area contributed by atoms with Crippen LogP contribution < -0.4 is 10.6 Å². The van der Waals surface area contributed by atoms with Gasteiger partial charge in [-0.1, -0.05) is 48.5 Å². The van der Waals surface area contributed by atoms with Crippen molar-refractivity contribution in [2.75, 3.05) is 38.0 Å². The molecular weight excluding hydrogens is 388 g/mol. The Kier molecular flexibility index (Phi) is 7.69. The molecule has 1 aliphatic rings. The SMILES string of the molecule is CC(C)(C)NC(=O)CN1CCCN(C(=O)Nc2ccccc2Cc2ccccc2)CC1. The van der Waals surface area contributed by atoms with Gasteiger partial charge < -0.3 is 15.5 Å². The summed E-state index contributed by atoms with van der Waals surface area (Å²) in [6.07, 6.45) is 1.62. The lowest BCUT2D eigenvalue weighted by Crippen LogP contribution is -2.46. The molecule has 0 unspecified atom stereocenters. The van der Waals surface area contributed by atoms with Crippen molar-refractivity contribution in [3.8, 4) is 0 Å². The highest BCUT2D eigenvalue weighted by Crippen LogP contribution is 2.20. The second kappa shape index (κ2) is 10.4. The largest absolute Gasteiger partial charge is 0.350 e. The van der Waals surface area contributed by atoms with Crippen molar-refractivity contribution in [1.82, 2.24) is 15.1 Å². The minimum Gasteiger partial charge on any atom is -0.350 e. The normalized spacial score (nSPS) is 15.3. The lowest BCUT2D eigenvalue weighted by Gasteiger charge is -2.25. The molecule has 166 valence electrons. The fourth-order valence-corrected chi connectivity index (χ4v) is 3.80. The average Bonchev–Trinajstić information content (AvgIpc) is 2.94. The number of amides is 3. The molecule has 3 rings (SSSR count). The van der Waals surface area contributed by atoms with Gasteiger partial charge >= 0.3 is 6.03 Å². The van der Waals surface area contributed by atoms with E-state index in [1.165, 1.54) is 5.56 Å². The fourth-order valence-electron chi connectivity index (χ4n) is 3.80. The minimum atomic E-state index is -0.234. The maximum atomic E-state index is 13.0. The van der Waals surface area contributed by atoms with Gasteiger partial charge in [-0.3, -0.25) is 9.69 Å². The number of anilines is 1. The van der Waals surface area contributed by atoms with Crippen molar-refractivity contribution in [2.24, 2.45) is 0 Å². The van der Waals surface area contributed by atoms with E-state index in [2.05, 4.69) is 33.7 Å². The minimum absolute atomic E-state index is 0.0280. The monoisotopic (exact) mass is 422 g/mol. The molecular formula is C25H34N4O2. The van der Waals surface area contributed by atoms with Gasteiger partial charge in [0.15, 0.2) is 0 Å². The Labute approximate surface area is 185 Å². The van der Waals surface area contributed by atoms with E-state index in [0.29, 0.717) is 26.2 Å². The van der Waals surface area contributed by atoms with Crippen LogP contribution in [-0.2, 0) is 11.2 Å². The maximum absolute atomic E-state index is 13.0. The molecule has 0 radical (unpaired) electrons. The van der Waals surface area contributed by atoms with E-state index >= 15 is 0 Å². The van der Waals surface area contributed by atoms with Crippen molar-refractivity contribution < 1.29 is 9.59 Å². The number of para-hydroxylation sites is 1. The highest BCUT2D eigenvalue weighted by atomic mass is 16.2. The average molecular weight is 423 g/mol. The van der Waals surface area contributed by atoms with Gasteiger partial charge in [0.05, 0.1) is 6.54 Å². The number of benzene rings is 2. The van der Waals surface area contributed by atoms with Crippen molar-refractivity contribution in [1.29, 1.82) is 0 Å². The summed E-state index contributed by atoms with van der Waals surface area (Å²) in [5.74, 6) is 0.0280. The molecule has 0 aromatic heterocycles. The van der Waals surface area contributed by atoms with Crippen LogP contribution in [0.15, 0.2) is 54.6 Å². The lowest BCUT2D eigenvalue weighted by atomic mass is 10.0. The van der Waals surface area contributed by atoms with Gasteiger partial charge in [-0.2, -0.15) is 0 Å². The van der Waals surface area contributed by atoms with Crippen LogP contribution in [0.4, 0.5) is 10.5 Å². The molecule has 0 aliphatic carbocycles. The smallest absolute Gasteiger partial charge is 0.321 e. The van der Waals surface area contributed by atoms with Crippen LogP contribution in [0.25, 0.3) is 0 Å². The van der Waals surface area contributed by atoms with Crippen LogP contribution in [0.3, 0.4) is 0 Å². The zero-order valence-electron chi connectivity index (χ0n) is 18.9. The first-order valence-corrected chi connectivity index (χ1v) is 11.0. The first kappa shape index (κ1) is 22.8. The summed E-state index contributed by atoms with van der Waals surface area (Å²) in [5, 5.41) is 6.11. The summed E-state index contributed by atoms with van der Waals surface area (Å²) in [4.78, 5) is 29.2. The third-order valence-corrected chi connectivity index (χ3v) is 5.25. The molecule has 3 amide bonds. The topological polar surface area (TPSA) is 64.7 Å². The molecule has 0 atom stereocenters. The zero-order valence-corrected chi connectivity index (χ0v) is 18.9. The van der Waals surface area contributed by atoms with Gasteiger partial charge in [0.25, 0.3) is 0 Å². The first-order valence-electron chi connectivity index (χ1n) is 11.0. The van der Waals surface area contributed by atoms with E-state index in [1.54, 1.807) is 0 Å². The van der Waals surface area contributed by atoms with Gasteiger partial charge in [0.1, 0.15) is 0 Å². The molecule has 1 saturated heterocycles. The number of rotatable bonds is 5. The van der Waals surface area contributed by atoms with E-state index in [9.17, 15) is 9.59 Å². The molecule has 6 nitrogen and oxygen atoms in total. The number of carbonyl (C=O) groups is 2. The molecule has 2 N–H and O–H groups in total. The van der Waals surface area contributed by atoms with E-state index in [-0.39, 0.29) is 17.5 Å². The maximum Gasteiger partial charge on any atom is 0.321 e. The fraction of sp³-hybridized carbons (Fsp3) is 0.440. The third-order valence-electron chi connectivity index (χ3n) is 5.25. The zero-order chi connectivity index (χ0) is 22.3. The third kappa shape index (κ3) is 7.40. The summed E-state index contributed by atoms with van der Waals surface area (Å²) in [6, 6.07) is 18.1. The van der Waals surface area contributed by atoms with Gasteiger partial charge in [0.2, 0.25) is 5.91 Å². The molecule has 1 fully saturated rings. The molecule has 2 aromatic carbocycles. The molecule has 0 bridgehead atoms. The Morgan fingerprint density at radius 2 is 1.61 bits per heavy atom. The van der Waals surface area contributed by atoms with Crippen LogP contribution in [-0.4, -0.2) is 60.0 Å². The van der Waals surface area contributed by atoms with E-state index < -0.39 is 0 Å². The van der Waals surface area contributed by atoms with Crippen LogP contribution >= 0.6 is 0 Å². The van der Waals surface area contributed by atoms with E-state index in [0.717, 1.165) is 30.6 Å². The first-order chi connectivity index (χ1) is 14.8. The number of urea groups is 1. The summed E-state index contributed by atoms with van der Waals surface area (Å²) >= 11 is 0. The van der Waals surface area contributed by atoms with Crippen LogP contribution in [0.2, 0.25) is 0 Å². The van der Waals surface area contributed by atoms with Crippen LogP contribution in [0.5, 0.6) is 0 Å². The highest BCUT2D eigenvalue weighted by Gasteiger charge is 2.22. The van der Waals surface area contributed by atoms with Crippen molar-refractivity contribution >= 4 is 17.6 Å².